The van der Waals surface area contributed by atoms with Crippen LogP contribution in [-0.4, -0.2) is 22.1 Å². The molecule has 1 aliphatic carbocycles. The Balaban J connectivity index is 2.17. The molecule has 2 atom stereocenters. The summed E-state index contributed by atoms with van der Waals surface area (Å²) < 4.78 is 5.05. The summed E-state index contributed by atoms with van der Waals surface area (Å²) in [4.78, 5) is 14.8. The first-order chi connectivity index (χ1) is 7.68. The monoisotopic (exact) mass is 224 g/mol. The minimum absolute atomic E-state index is 0.0312. The van der Waals surface area contributed by atoms with Crippen molar-refractivity contribution < 1.29 is 9.32 Å². The molecule has 16 heavy (non-hydrogen) atoms. The molecule has 0 saturated heterocycles. The molecule has 2 rings (SSSR count). The van der Waals surface area contributed by atoms with E-state index in [0.717, 1.165) is 25.7 Å². The summed E-state index contributed by atoms with van der Waals surface area (Å²) in [6.07, 6.45) is 5.31. The maximum absolute atomic E-state index is 10.9. The number of hydrogen-bond donors (Lipinski definition) is 2. The van der Waals surface area contributed by atoms with Gasteiger partial charge in [-0.25, -0.2) is 0 Å². The lowest BCUT2D eigenvalue weighted by Crippen LogP contribution is -2.27. The van der Waals surface area contributed by atoms with Crippen molar-refractivity contribution in [3.8, 4) is 0 Å². The van der Waals surface area contributed by atoms with Gasteiger partial charge in [-0.15, -0.1) is 0 Å². The van der Waals surface area contributed by atoms with E-state index < -0.39 is 5.91 Å². The fourth-order valence-electron chi connectivity index (χ4n) is 2.13. The maximum atomic E-state index is 10.9. The highest BCUT2D eigenvalue weighted by molar-refractivity contribution is 5.88. The average molecular weight is 224 g/mol. The van der Waals surface area contributed by atoms with Crippen molar-refractivity contribution in [2.75, 3.05) is 0 Å². The van der Waals surface area contributed by atoms with Crippen LogP contribution in [0.2, 0.25) is 0 Å². The van der Waals surface area contributed by atoms with Gasteiger partial charge in [0.05, 0.1) is 5.92 Å². The molecule has 4 N–H and O–H groups in total. The zero-order valence-corrected chi connectivity index (χ0v) is 9.06. The van der Waals surface area contributed by atoms with Crippen molar-refractivity contribution in [2.45, 2.75) is 44.1 Å². The Hall–Kier alpha value is -1.43. The molecule has 6 heteroatoms. The van der Waals surface area contributed by atoms with E-state index in [9.17, 15) is 4.79 Å². The summed E-state index contributed by atoms with van der Waals surface area (Å²) >= 11 is 0. The molecule has 0 bridgehead atoms. The van der Waals surface area contributed by atoms with Crippen LogP contribution in [-0.2, 0) is 0 Å². The number of aromatic nitrogens is 2. The van der Waals surface area contributed by atoms with Gasteiger partial charge < -0.3 is 16.0 Å². The van der Waals surface area contributed by atoms with Gasteiger partial charge in [0, 0.05) is 6.04 Å². The Morgan fingerprint density at radius 2 is 2.06 bits per heavy atom. The van der Waals surface area contributed by atoms with Gasteiger partial charge in [0.15, 0.2) is 0 Å². The molecule has 0 aliphatic heterocycles. The van der Waals surface area contributed by atoms with E-state index in [1.54, 1.807) is 0 Å². The molecule has 1 fully saturated rings. The molecule has 6 nitrogen and oxygen atoms in total. The van der Waals surface area contributed by atoms with Gasteiger partial charge in [-0.1, -0.05) is 24.4 Å². The normalized spacial score (nSPS) is 26.3. The number of carbonyl (C=O) groups is 1. The first kappa shape index (κ1) is 11.1. The topological polar surface area (TPSA) is 108 Å². The van der Waals surface area contributed by atoms with Gasteiger partial charge in [-0.2, -0.15) is 4.98 Å². The van der Waals surface area contributed by atoms with Crippen LogP contribution >= 0.6 is 0 Å². The Morgan fingerprint density at radius 3 is 2.75 bits per heavy atom. The number of amides is 1. The lowest BCUT2D eigenvalue weighted by atomic mass is 9.95. The van der Waals surface area contributed by atoms with Gasteiger partial charge >= 0.3 is 0 Å². The highest BCUT2D eigenvalue weighted by Gasteiger charge is 2.27. The quantitative estimate of drug-likeness (QED) is 0.713. The smallest absolute Gasteiger partial charge is 0.290 e. The molecule has 0 aromatic carbocycles. The highest BCUT2D eigenvalue weighted by atomic mass is 16.5. The van der Waals surface area contributed by atoms with Crippen LogP contribution in [0.25, 0.3) is 0 Å². The molecule has 1 aliphatic rings. The number of carbonyl (C=O) groups excluding carboxylic acids is 1. The first-order valence-corrected chi connectivity index (χ1v) is 5.57. The summed E-state index contributed by atoms with van der Waals surface area (Å²) in [6.45, 7) is 0. The van der Waals surface area contributed by atoms with E-state index in [1.807, 2.05) is 0 Å². The zero-order valence-electron chi connectivity index (χ0n) is 9.06. The Labute approximate surface area is 93.4 Å². The third-order valence-corrected chi connectivity index (χ3v) is 3.05. The van der Waals surface area contributed by atoms with Gasteiger partial charge in [-0.3, -0.25) is 4.79 Å². The lowest BCUT2D eigenvalue weighted by Gasteiger charge is -2.16. The van der Waals surface area contributed by atoms with E-state index in [4.69, 9.17) is 16.0 Å². The van der Waals surface area contributed by atoms with Crippen molar-refractivity contribution in [1.82, 2.24) is 10.1 Å². The second-order valence-electron chi connectivity index (χ2n) is 4.23. The van der Waals surface area contributed by atoms with Gasteiger partial charge in [-0.05, 0) is 12.8 Å². The van der Waals surface area contributed by atoms with Crippen molar-refractivity contribution in [2.24, 2.45) is 11.5 Å². The fourth-order valence-corrected chi connectivity index (χ4v) is 2.13. The second kappa shape index (κ2) is 4.61. The van der Waals surface area contributed by atoms with Crippen molar-refractivity contribution in [1.29, 1.82) is 0 Å². The average Bonchev–Trinajstić information content (AvgIpc) is 2.63. The van der Waals surface area contributed by atoms with Crippen LogP contribution in [0, 0.1) is 0 Å². The number of nitrogens with two attached hydrogens (primary N) is 2. The standard InChI is InChI=1S/C10H16N4O2/c11-7-5-3-1-2-4-6(7)10-13-9(8(12)15)14-16-10/h6-7H,1-5,11H2,(H2,12,15). The first-order valence-electron chi connectivity index (χ1n) is 5.57. The number of nitrogens with zero attached hydrogens (tertiary/aromatic N) is 2. The lowest BCUT2D eigenvalue weighted by molar-refractivity contribution is 0.0987. The molecule has 0 radical (unpaired) electrons. The molecular formula is C10H16N4O2. The van der Waals surface area contributed by atoms with Gasteiger partial charge in [0.2, 0.25) is 5.89 Å². The van der Waals surface area contributed by atoms with Crippen LogP contribution in [0.15, 0.2) is 4.52 Å². The molecule has 0 spiro atoms. The SMILES string of the molecule is NC(=O)c1noc(C2CCCCCC2N)n1. The molecule has 2 unspecified atom stereocenters. The van der Waals surface area contributed by atoms with E-state index in [2.05, 4.69) is 10.1 Å². The van der Waals surface area contributed by atoms with Crippen LogP contribution in [0.3, 0.4) is 0 Å². The fraction of sp³-hybridized carbons (Fsp3) is 0.700. The maximum Gasteiger partial charge on any atom is 0.290 e. The van der Waals surface area contributed by atoms with E-state index in [0.29, 0.717) is 5.89 Å². The third kappa shape index (κ3) is 2.21. The number of rotatable bonds is 2. The summed E-state index contributed by atoms with van der Waals surface area (Å²) in [7, 11) is 0. The van der Waals surface area contributed by atoms with E-state index >= 15 is 0 Å². The minimum Gasteiger partial charge on any atom is -0.363 e. The molecule has 1 aromatic heterocycles. The number of hydrogen-bond acceptors (Lipinski definition) is 5. The van der Waals surface area contributed by atoms with Crippen LogP contribution in [0.4, 0.5) is 0 Å². The zero-order chi connectivity index (χ0) is 11.5. The number of primary amides is 1. The van der Waals surface area contributed by atoms with Crippen LogP contribution in [0.1, 0.15) is 54.5 Å². The Kier molecular flexibility index (Phi) is 3.19. The summed E-state index contributed by atoms with van der Waals surface area (Å²) in [5, 5.41) is 3.54. The minimum atomic E-state index is -0.669. The predicted molar refractivity (Wildman–Crippen MR) is 56.6 cm³/mol. The van der Waals surface area contributed by atoms with Crippen molar-refractivity contribution in [3.05, 3.63) is 11.7 Å². The van der Waals surface area contributed by atoms with Crippen LogP contribution in [0.5, 0.6) is 0 Å². The molecule has 88 valence electrons. The largest absolute Gasteiger partial charge is 0.363 e. The predicted octanol–water partition coefficient (Wildman–Crippen LogP) is 0.543. The van der Waals surface area contributed by atoms with Crippen molar-refractivity contribution in [3.63, 3.8) is 0 Å². The van der Waals surface area contributed by atoms with Crippen molar-refractivity contribution >= 4 is 5.91 Å². The van der Waals surface area contributed by atoms with E-state index in [-0.39, 0.29) is 17.8 Å². The van der Waals surface area contributed by atoms with Crippen LogP contribution < -0.4 is 11.5 Å². The summed E-state index contributed by atoms with van der Waals surface area (Å²) in [5.41, 5.74) is 11.1. The van der Waals surface area contributed by atoms with Gasteiger partial charge in [0.25, 0.3) is 11.7 Å². The Bertz CT molecular complexity index is 377. The Morgan fingerprint density at radius 1 is 1.31 bits per heavy atom. The molecule has 1 heterocycles. The summed E-state index contributed by atoms with van der Waals surface area (Å²) in [5.74, 6) is -0.227. The molecule has 1 amide bonds. The summed E-state index contributed by atoms with van der Waals surface area (Å²) in [6, 6.07) is 0.0312. The van der Waals surface area contributed by atoms with E-state index in [1.165, 1.54) is 6.42 Å². The molecule has 1 saturated carbocycles. The third-order valence-electron chi connectivity index (χ3n) is 3.05. The molecule has 1 aromatic rings. The highest BCUT2D eigenvalue weighted by Crippen LogP contribution is 2.29. The van der Waals surface area contributed by atoms with Gasteiger partial charge in [0.1, 0.15) is 0 Å². The molecular weight excluding hydrogens is 208 g/mol. The second-order valence-corrected chi connectivity index (χ2v) is 4.23.